The number of hydrogen-bond acceptors (Lipinski definition) is 5. The van der Waals surface area contributed by atoms with E-state index in [1.165, 1.54) is 347 Å². The maximum Gasteiger partial charge on any atom is 0.305 e. The summed E-state index contributed by atoms with van der Waals surface area (Å²) in [7, 11) is 0. The molecule has 6 nitrogen and oxygen atoms in total. The van der Waals surface area contributed by atoms with Crippen LogP contribution in [0.4, 0.5) is 0 Å². The summed E-state index contributed by atoms with van der Waals surface area (Å²) in [5.41, 5.74) is 0. The van der Waals surface area contributed by atoms with Gasteiger partial charge in [-0.1, -0.05) is 366 Å². The Morgan fingerprint density at radius 2 is 0.595 bits per heavy atom. The molecule has 0 aromatic carbocycles. The van der Waals surface area contributed by atoms with E-state index in [4.69, 9.17) is 4.74 Å². The molecule has 0 bridgehead atoms. The number of hydrogen-bond donors (Lipinski definition) is 3. The molecule has 0 aliphatic rings. The molecule has 0 fully saturated rings. The van der Waals surface area contributed by atoms with E-state index in [0.717, 1.165) is 38.5 Å². The van der Waals surface area contributed by atoms with Crippen molar-refractivity contribution in [2.75, 3.05) is 13.2 Å². The van der Waals surface area contributed by atoms with Crippen molar-refractivity contribution in [3.63, 3.8) is 0 Å². The second kappa shape index (κ2) is 69.1. The lowest BCUT2D eigenvalue weighted by Crippen LogP contribution is -2.45. The Bertz CT molecular complexity index is 1190. The molecule has 0 saturated heterocycles. The SMILES string of the molecule is CCCCCCCCCCCCCCCCCCCCCC(=O)OCCCCCCCCCCCCCC/C=C\CCCCCCCCCCCCCCCCCC(=O)NC(CO)C(O)CCCCCCCCCCCCCC. The predicted molar refractivity (Wildman–Crippen MR) is 347 cm³/mol. The highest BCUT2D eigenvalue weighted by Crippen LogP contribution is 2.19. The normalized spacial score (nSPS) is 12.5. The molecule has 0 spiro atoms. The van der Waals surface area contributed by atoms with Gasteiger partial charge in [0.2, 0.25) is 5.91 Å². The number of rotatable bonds is 69. The molecule has 3 N–H and O–H groups in total. The van der Waals surface area contributed by atoms with Crippen LogP contribution in [-0.4, -0.2) is 47.4 Å². The molecule has 0 radical (unpaired) electrons. The first-order chi connectivity index (χ1) is 39.0. The summed E-state index contributed by atoms with van der Waals surface area (Å²) in [6.45, 7) is 4.99. The van der Waals surface area contributed by atoms with Crippen molar-refractivity contribution >= 4 is 11.9 Å². The first kappa shape index (κ1) is 77.6. The van der Waals surface area contributed by atoms with Crippen molar-refractivity contribution in [3.8, 4) is 0 Å². The highest BCUT2D eigenvalue weighted by atomic mass is 16.5. The van der Waals surface area contributed by atoms with Crippen LogP contribution >= 0.6 is 0 Å². The van der Waals surface area contributed by atoms with E-state index >= 15 is 0 Å². The fraction of sp³-hybridized carbons (Fsp3) is 0.945. The molecular weight excluding hydrogens is 971 g/mol. The number of allylic oxidation sites excluding steroid dienone is 2. The van der Waals surface area contributed by atoms with Gasteiger partial charge in [-0.05, 0) is 51.4 Å². The fourth-order valence-corrected chi connectivity index (χ4v) is 11.8. The largest absolute Gasteiger partial charge is 0.466 e. The van der Waals surface area contributed by atoms with Gasteiger partial charge in [0.25, 0.3) is 0 Å². The van der Waals surface area contributed by atoms with Crippen molar-refractivity contribution in [2.24, 2.45) is 0 Å². The fourth-order valence-electron chi connectivity index (χ4n) is 11.8. The number of nitrogens with one attached hydrogen (secondary N) is 1. The van der Waals surface area contributed by atoms with Gasteiger partial charge in [0.1, 0.15) is 0 Å². The van der Waals surface area contributed by atoms with Gasteiger partial charge < -0.3 is 20.3 Å². The third-order valence-electron chi connectivity index (χ3n) is 17.3. The van der Waals surface area contributed by atoms with E-state index in [1.54, 1.807) is 0 Å². The Labute approximate surface area is 495 Å². The van der Waals surface area contributed by atoms with Crippen LogP contribution in [0.5, 0.6) is 0 Å². The van der Waals surface area contributed by atoms with Crippen LogP contribution in [0.15, 0.2) is 12.2 Å². The molecule has 0 rings (SSSR count). The van der Waals surface area contributed by atoms with Crippen LogP contribution in [0.3, 0.4) is 0 Å². The van der Waals surface area contributed by atoms with E-state index < -0.39 is 12.1 Å². The van der Waals surface area contributed by atoms with Crippen molar-refractivity contribution < 1.29 is 24.5 Å². The van der Waals surface area contributed by atoms with Crippen molar-refractivity contribution in [2.45, 2.75) is 431 Å². The van der Waals surface area contributed by atoms with Crippen LogP contribution in [0.2, 0.25) is 0 Å². The monoisotopic (exact) mass is 1110 g/mol. The minimum atomic E-state index is -0.661. The topological polar surface area (TPSA) is 95.9 Å². The molecule has 0 aliphatic carbocycles. The molecule has 2 unspecified atom stereocenters. The lowest BCUT2D eigenvalue weighted by molar-refractivity contribution is -0.143. The van der Waals surface area contributed by atoms with Gasteiger partial charge in [-0.3, -0.25) is 9.59 Å². The number of carbonyl (C=O) groups excluding carboxylic acids is 2. The van der Waals surface area contributed by atoms with Gasteiger partial charge in [0.05, 0.1) is 25.4 Å². The quantitative estimate of drug-likeness (QED) is 0.0320. The molecule has 0 aromatic heterocycles. The number of carbonyl (C=O) groups is 2. The number of esters is 1. The molecule has 0 saturated carbocycles. The molecule has 0 aliphatic heterocycles. The summed E-state index contributed by atoms with van der Waals surface area (Å²) >= 11 is 0. The minimum absolute atomic E-state index is 0.0235. The van der Waals surface area contributed by atoms with Crippen LogP contribution in [0, 0.1) is 0 Å². The average Bonchev–Trinajstić information content (AvgIpc) is 3.45. The predicted octanol–water partition coefficient (Wildman–Crippen LogP) is 23.5. The number of unbranched alkanes of at least 4 members (excludes halogenated alkanes) is 56. The molecule has 79 heavy (non-hydrogen) atoms. The summed E-state index contributed by atoms with van der Waals surface area (Å²) in [4.78, 5) is 24.6. The van der Waals surface area contributed by atoms with Crippen LogP contribution < -0.4 is 5.32 Å². The maximum absolute atomic E-state index is 12.5. The molecule has 6 heteroatoms. The molecule has 0 heterocycles. The van der Waals surface area contributed by atoms with Crippen molar-refractivity contribution in [1.82, 2.24) is 5.32 Å². The number of amides is 1. The van der Waals surface area contributed by atoms with E-state index in [-0.39, 0.29) is 18.5 Å². The summed E-state index contributed by atoms with van der Waals surface area (Å²) in [6.07, 6.45) is 85.7. The number of aliphatic hydroxyl groups is 2. The van der Waals surface area contributed by atoms with E-state index in [9.17, 15) is 19.8 Å². The summed E-state index contributed by atoms with van der Waals surface area (Å²) < 4.78 is 5.52. The molecule has 1 amide bonds. The lowest BCUT2D eigenvalue weighted by atomic mass is 10.0. The second-order valence-corrected chi connectivity index (χ2v) is 25.3. The molecule has 470 valence electrons. The Hall–Kier alpha value is -1.40. The zero-order chi connectivity index (χ0) is 57.1. The van der Waals surface area contributed by atoms with Gasteiger partial charge >= 0.3 is 5.97 Å². The first-order valence-electron chi connectivity index (χ1n) is 36.4. The highest BCUT2D eigenvalue weighted by Gasteiger charge is 2.20. The average molecular weight is 1110 g/mol. The van der Waals surface area contributed by atoms with E-state index in [0.29, 0.717) is 25.9 Å². The third kappa shape index (κ3) is 65.6. The summed E-state index contributed by atoms with van der Waals surface area (Å²) in [6, 6.07) is -0.538. The van der Waals surface area contributed by atoms with Crippen molar-refractivity contribution in [1.29, 1.82) is 0 Å². The molecule has 2 atom stereocenters. The van der Waals surface area contributed by atoms with Gasteiger partial charge in [-0.15, -0.1) is 0 Å². The van der Waals surface area contributed by atoms with E-state index in [2.05, 4.69) is 31.3 Å². The van der Waals surface area contributed by atoms with Gasteiger partial charge in [-0.25, -0.2) is 0 Å². The lowest BCUT2D eigenvalue weighted by Gasteiger charge is -2.22. The molecular formula is C73H143NO5. The molecule has 0 aromatic rings. The Morgan fingerprint density at radius 1 is 0.342 bits per heavy atom. The maximum atomic E-state index is 12.5. The Morgan fingerprint density at radius 3 is 0.899 bits per heavy atom. The zero-order valence-corrected chi connectivity index (χ0v) is 53.9. The van der Waals surface area contributed by atoms with Gasteiger partial charge in [0.15, 0.2) is 0 Å². The highest BCUT2D eigenvalue weighted by molar-refractivity contribution is 5.76. The van der Waals surface area contributed by atoms with Crippen LogP contribution in [0.1, 0.15) is 418 Å². The third-order valence-corrected chi connectivity index (χ3v) is 17.3. The van der Waals surface area contributed by atoms with Crippen LogP contribution in [-0.2, 0) is 14.3 Å². The van der Waals surface area contributed by atoms with Gasteiger partial charge in [0, 0.05) is 12.8 Å². The summed E-state index contributed by atoms with van der Waals surface area (Å²) in [5.74, 6) is -0.00743. The summed E-state index contributed by atoms with van der Waals surface area (Å²) in [5, 5.41) is 23.3. The minimum Gasteiger partial charge on any atom is -0.466 e. The van der Waals surface area contributed by atoms with Crippen molar-refractivity contribution in [3.05, 3.63) is 12.2 Å². The second-order valence-electron chi connectivity index (χ2n) is 25.3. The standard InChI is InChI=1S/C73H143NO5/c1-3-5-7-9-11-13-15-17-18-19-33-37-40-43-47-51-55-59-63-67-73(78)79-68-64-60-56-52-48-44-41-38-35-32-30-28-26-24-22-20-21-23-25-27-29-31-34-36-39-42-46-50-54-58-62-66-72(77)74-70(69-75)71(76)65-61-57-53-49-45-16-14-12-10-8-6-4-2/h22,24,70-71,75-76H,3-21,23,25-69H2,1-2H3,(H,74,77)/b24-22-. The first-order valence-corrected chi connectivity index (χ1v) is 36.4. The van der Waals surface area contributed by atoms with Gasteiger partial charge in [-0.2, -0.15) is 0 Å². The Kier molecular flexibility index (Phi) is 67.9. The zero-order valence-electron chi connectivity index (χ0n) is 53.9. The number of ether oxygens (including phenoxy) is 1. The van der Waals surface area contributed by atoms with Crippen LogP contribution in [0.25, 0.3) is 0 Å². The Balaban J connectivity index is 3.31. The smallest absolute Gasteiger partial charge is 0.305 e. The van der Waals surface area contributed by atoms with E-state index in [1.807, 2.05) is 0 Å². The number of aliphatic hydroxyl groups excluding tert-OH is 2.